The Morgan fingerprint density at radius 1 is 1.33 bits per heavy atom. The normalized spacial score (nSPS) is 19.6. The first-order chi connectivity index (χ1) is 8.37. The van der Waals surface area contributed by atoms with Crippen LogP contribution in [0.5, 0.6) is 0 Å². The summed E-state index contributed by atoms with van der Waals surface area (Å²) in [6.45, 7) is 14.0. The summed E-state index contributed by atoms with van der Waals surface area (Å²) in [6.07, 6.45) is 0.595. The maximum absolute atomic E-state index is 11.7. The molecule has 1 fully saturated rings. The van der Waals surface area contributed by atoms with E-state index in [1.165, 1.54) is 0 Å². The quantitative estimate of drug-likeness (QED) is 0.810. The molecular weight excluding hydrogens is 228 g/mol. The predicted molar refractivity (Wildman–Crippen MR) is 73.5 cm³/mol. The van der Waals surface area contributed by atoms with Crippen LogP contribution in [0.2, 0.25) is 0 Å². The van der Waals surface area contributed by atoms with Crippen LogP contribution in [0.25, 0.3) is 0 Å². The summed E-state index contributed by atoms with van der Waals surface area (Å²) in [5.74, 6) is 0.656. The Morgan fingerprint density at radius 3 is 2.50 bits per heavy atom. The number of hydrogen-bond acceptors (Lipinski definition) is 3. The minimum Gasteiger partial charge on any atom is -0.379 e. The fourth-order valence-electron chi connectivity index (χ4n) is 2.12. The van der Waals surface area contributed by atoms with Crippen molar-refractivity contribution in [2.75, 3.05) is 39.4 Å². The van der Waals surface area contributed by atoms with Gasteiger partial charge in [-0.05, 0) is 11.3 Å². The van der Waals surface area contributed by atoms with Gasteiger partial charge in [-0.15, -0.1) is 0 Å². The average molecular weight is 256 g/mol. The molecule has 0 aliphatic carbocycles. The molecule has 106 valence electrons. The third-order valence-electron chi connectivity index (χ3n) is 3.01. The van der Waals surface area contributed by atoms with E-state index in [2.05, 4.69) is 37.9 Å². The molecule has 4 nitrogen and oxygen atoms in total. The first-order valence-corrected chi connectivity index (χ1v) is 6.93. The molecule has 1 aliphatic heterocycles. The standard InChI is InChI=1S/C14H28N2O2/c1-12(11-16-5-7-18-8-6-16)10-15-13(17)9-14(2,3)4/h12H,5-11H2,1-4H3,(H,15,17). The van der Waals surface area contributed by atoms with Gasteiger partial charge in [0.25, 0.3) is 0 Å². The van der Waals surface area contributed by atoms with Crippen LogP contribution < -0.4 is 5.32 Å². The van der Waals surface area contributed by atoms with Crippen LogP contribution in [0.15, 0.2) is 0 Å². The number of ether oxygens (including phenoxy) is 1. The molecule has 4 heteroatoms. The van der Waals surface area contributed by atoms with Gasteiger partial charge in [0.1, 0.15) is 0 Å². The highest BCUT2D eigenvalue weighted by molar-refractivity contribution is 5.76. The van der Waals surface area contributed by atoms with E-state index < -0.39 is 0 Å². The SMILES string of the molecule is CC(CNC(=O)CC(C)(C)C)CN1CCOCC1. The van der Waals surface area contributed by atoms with Gasteiger partial charge in [-0.25, -0.2) is 0 Å². The van der Waals surface area contributed by atoms with E-state index in [4.69, 9.17) is 4.74 Å². The van der Waals surface area contributed by atoms with Crippen LogP contribution >= 0.6 is 0 Å². The highest BCUT2D eigenvalue weighted by Crippen LogP contribution is 2.17. The van der Waals surface area contributed by atoms with Gasteiger partial charge in [0.2, 0.25) is 5.91 Å². The molecule has 1 aliphatic rings. The molecule has 1 saturated heterocycles. The smallest absolute Gasteiger partial charge is 0.220 e. The van der Waals surface area contributed by atoms with Crippen molar-refractivity contribution in [2.45, 2.75) is 34.1 Å². The highest BCUT2D eigenvalue weighted by Gasteiger charge is 2.17. The van der Waals surface area contributed by atoms with Crippen molar-refractivity contribution in [3.63, 3.8) is 0 Å². The van der Waals surface area contributed by atoms with Crippen LogP contribution in [-0.4, -0.2) is 50.2 Å². The van der Waals surface area contributed by atoms with Crippen molar-refractivity contribution in [1.29, 1.82) is 0 Å². The van der Waals surface area contributed by atoms with Crippen LogP contribution in [0.4, 0.5) is 0 Å². The number of carbonyl (C=O) groups is 1. The topological polar surface area (TPSA) is 41.6 Å². The van der Waals surface area contributed by atoms with E-state index in [9.17, 15) is 4.79 Å². The van der Waals surface area contributed by atoms with E-state index in [1.807, 2.05) is 0 Å². The van der Waals surface area contributed by atoms with Crippen molar-refractivity contribution in [1.82, 2.24) is 10.2 Å². The van der Waals surface area contributed by atoms with Crippen LogP contribution in [0.3, 0.4) is 0 Å². The molecule has 0 aromatic heterocycles. The predicted octanol–water partition coefficient (Wildman–Crippen LogP) is 1.51. The molecule has 0 radical (unpaired) electrons. The van der Waals surface area contributed by atoms with E-state index in [-0.39, 0.29) is 11.3 Å². The molecule has 1 amide bonds. The third-order valence-corrected chi connectivity index (χ3v) is 3.01. The summed E-state index contributed by atoms with van der Waals surface area (Å²) >= 11 is 0. The molecule has 0 saturated carbocycles. The molecule has 0 aromatic carbocycles. The van der Waals surface area contributed by atoms with E-state index in [0.29, 0.717) is 12.3 Å². The molecule has 1 unspecified atom stereocenters. The second-order valence-corrected chi connectivity index (χ2v) is 6.56. The minimum absolute atomic E-state index is 0.0670. The number of amides is 1. The summed E-state index contributed by atoms with van der Waals surface area (Å²) in [6, 6.07) is 0. The van der Waals surface area contributed by atoms with Crippen molar-refractivity contribution in [3.05, 3.63) is 0 Å². The lowest BCUT2D eigenvalue weighted by Gasteiger charge is -2.29. The monoisotopic (exact) mass is 256 g/mol. The summed E-state index contributed by atoms with van der Waals surface area (Å²) in [4.78, 5) is 14.1. The van der Waals surface area contributed by atoms with Crippen LogP contribution in [0, 0.1) is 11.3 Å². The van der Waals surface area contributed by atoms with Gasteiger partial charge in [0, 0.05) is 32.6 Å². The zero-order valence-electron chi connectivity index (χ0n) is 12.3. The molecule has 1 atom stereocenters. The molecular formula is C14H28N2O2. The molecule has 1 N–H and O–H groups in total. The number of hydrogen-bond donors (Lipinski definition) is 1. The fraction of sp³-hybridized carbons (Fsp3) is 0.929. The van der Waals surface area contributed by atoms with Crippen molar-refractivity contribution in [2.24, 2.45) is 11.3 Å². The number of nitrogens with one attached hydrogen (secondary N) is 1. The molecule has 0 spiro atoms. The summed E-state index contributed by atoms with van der Waals surface area (Å²) in [5, 5.41) is 3.03. The van der Waals surface area contributed by atoms with Gasteiger partial charge in [-0.2, -0.15) is 0 Å². The van der Waals surface area contributed by atoms with Crippen molar-refractivity contribution < 1.29 is 9.53 Å². The van der Waals surface area contributed by atoms with Gasteiger partial charge in [-0.3, -0.25) is 9.69 Å². The molecule has 18 heavy (non-hydrogen) atoms. The van der Waals surface area contributed by atoms with Crippen LogP contribution in [-0.2, 0) is 9.53 Å². The number of carbonyl (C=O) groups excluding carboxylic acids is 1. The van der Waals surface area contributed by atoms with Gasteiger partial charge < -0.3 is 10.1 Å². The summed E-state index contributed by atoms with van der Waals surface area (Å²) < 4.78 is 5.32. The Bertz CT molecular complexity index is 255. The Labute approximate surface area is 111 Å². The number of morpholine rings is 1. The zero-order chi connectivity index (χ0) is 13.6. The van der Waals surface area contributed by atoms with Gasteiger partial charge in [0.15, 0.2) is 0 Å². The Morgan fingerprint density at radius 2 is 1.94 bits per heavy atom. The van der Waals surface area contributed by atoms with Crippen LogP contribution in [0.1, 0.15) is 34.1 Å². The number of nitrogens with zero attached hydrogens (tertiary/aromatic N) is 1. The molecule has 1 heterocycles. The van der Waals surface area contributed by atoms with E-state index >= 15 is 0 Å². The third kappa shape index (κ3) is 6.97. The van der Waals surface area contributed by atoms with E-state index in [0.717, 1.165) is 39.4 Å². The van der Waals surface area contributed by atoms with Gasteiger partial charge >= 0.3 is 0 Å². The maximum Gasteiger partial charge on any atom is 0.220 e. The maximum atomic E-state index is 11.7. The first-order valence-electron chi connectivity index (χ1n) is 6.93. The molecule has 0 bridgehead atoms. The van der Waals surface area contributed by atoms with Gasteiger partial charge in [-0.1, -0.05) is 27.7 Å². The lowest BCUT2D eigenvalue weighted by atomic mass is 9.92. The minimum atomic E-state index is 0.0670. The fourth-order valence-corrected chi connectivity index (χ4v) is 2.12. The first kappa shape index (κ1) is 15.4. The lowest BCUT2D eigenvalue weighted by Crippen LogP contribution is -2.41. The second-order valence-electron chi connectivity index (χ2n) is 6.56. The molecule has 0 aromatic rings. The lowest BCUT2D eigenvalue weighted by molar-refractivity contribution is -0.123. The molecule has 1 rings (SSSR count). The Balaban J connectivity index is 2.16. The number of rotatable bonds is 5. The van der Waals surface area contributed by atoms with E-state index in [1.54, 1.807) is 0 Å². The highest BCUT2D eigenvalue weighted by atomic mass is 16.5. The Kier molecular flexibility index (Phi) is 6.09. The average Bonchev–Trinajstić information content (AvgIpc) is 2.25. The second kappa shape index (κ2) is 7.10. The van der Waals surface area contributed by atoms with Crippen molar-refractivity contribution >= 4 is 5.91 Å². The Hall–Kier alpha value is -0.610. The summed E-state index contributed by atoms with van der Waals surface area (Å²) in [7, 11) is 0. The largest absolute Gasteiger partial charge is 0.379 e. The summed E-state index contributed by atoms with van der Waals surface area (Å²) in [5.41, 5.74) is 0.0670. The van der Waals surface area contributed by atoms with Crippen molar-refractivity contribution in [3.8, 4) is 0 Å². The van der Waals surface area contributed by atoms with Gasteiger partial charge in [0.05, 0.1) is 13.2 Å². The zero-order valence-corrected chi connectivity index (χ0v) is 12.3.